The molecule has 19 heavy (non-hydrogen) atoms. The maximum absolute atomic E-state index is 12.7. The van der Waals surface area contributed by atoms with Crippen molar-refractivity contribution in [3.05, 3.63) is 0 Å². The third-order valence-corrected chi connectivity index (χ3v) is 4.77. The molecule has 0 aromatic carbocycles. The molecule has 0 amide bonds. The zero-order chi connectivity index (χ0) is 14.3. The molecule has 0 aromatic heterocycles. The Hall–Kier alpha value is -0.410. The first-order chi connectivity index (χ1) is 9.14. The smallest absolute Gasteiger partial charge is 0.153 e. The largest absolute Gasteiger partial charge is 0.378 e. The molecular formula is C16H31NO2. The van der Waals surface area contributed by atoms with E-state index in [-0.39, 0.29) is 5.54 Å². The van der Waals surface area contributed by atoms with Crippen LogP contribution in [0.4, 0.5) is 0 Å². The van der Waals surface area contributed by atoms with Crippen molar-refractivity contribution in [1.29, 1.82) is 0 Å². The van der Waals surface area contributed by atoms with Gasteiger partial charge in [0.1, 0.15) is 0 Å². The molecule has 1 aliphatic heterocycles. The second-order valence-corrected chi connectivity index (χ2v) is 5.51. The van der Waals surface area contributed by atoms with Gasteiger partial charge in [0.2, 0.25) is 0 Å². The SMILES string of the molecule is CCN(CC)C(CC)(CC)C(=O)CCC1CCCO1. The standard InChI is InChI=1S/C16H31NO2/c1-5-16(6-2,17(7-3)8-4)15(18)12-11-14-10-9-13-19-14/h14H,5-13H2,1-4H3. The molecule has 1 saturated heterocycles. The molecule has 1 heterocycles. The van der Waals surface area contributed by atoms with Gasteiger partial charge in [0.05, 0.1) is 11.6 Å². The van der Waals surface area contributed by atoms with Crippen molar-refractivity contribution in [2.45, 2.75) is 77.9 Å². The van der Waals surface area contributed by atoms with Gasteiger partial charge < -0.3 is 4.74 Å². The van der Waals surface area contributed by atoms with Gasteiger partial charge in [0, 0.05) is 13.0 Å². The summed E-state index contributed by atoms with van der Waals surface area (Å²) in [6.45, 7) is 11.4. The Kier molecular flexibility index (Phi) is 7.01. The summed E-state index contributed by atoms with van der Waals surface area (Å²) in [7, 11) is 0. The van der Waals surface area contributed by atoms with Crippen LogP contribution in [0.5, 0.6) is 0 Å². The summed E-state index contributed by atoms with van der Waals surface area (Å²) in [5, 5.41) is 0. The minimum Gasteiger partial charge on any atom is -0.378 e. The van der Waals surface area contributed by atoms with Crippen LogP contribution in [0.2, 0.25) is 0 Å². The van der Waals surface area contributed by atoms with E-state index in [0.29, 0.717) is 18.3 Å². The van der Waals surface area contributed by atoms with Gasteiger partial charge in [-0.1, -0.05) is 27.7 Å². The van der Waals surface area contributed by atoms with E-state index in [1.54, 1.807) is 0 Å². The number of carbonyl (C=O) groups excluding carboxylic acids is 1. The molecule has 0 spiro atoms. The van der Waals surface area contributed by atoms with E-state index in [1.165, 1.54) is 0 Å². The molecule has 1 aliphatic rings. The lowest BCUT2D eigenvalue weighted by Crippen LogP contribution is -2.53. The predicted molar refractivity (Wildman–Crippen MR) is 79.4 cm³/mol. The average Bonchev–Trinajstić information content (AvgIpc) is 2.95. The van der Waals surface area contributed by atoms with Crippen LogP contribution in [0.25, 0.3) is 0 Å². The molecule has 0 aliphatic carbocycles. The summed E-state index contributed by atoms with van der Waals surface area (Å²) in [5.41, 5.74) is -0.248. The van der Waals surface area contributed by atoms with Crippen LogP contribution >= 0.6 is 0 Å². The summed E-state index contributed by atoms with van der Waals surface area (Å²) >= 11 is 0. The predicted octanol–water partition coefficient (Wildman–Crippen LogP) is 3.42. The van der Waals surface area contributed by atoms with E-state index in [2.05, 4.69) is 32.6 Å². The summed E-state index contributed by atoms with van der Waals surface area (Å²) < 4.78 is 5.63. The third kappa shape index (κ3) is 3.79. The normalized spacial score (nSPS) is 20.2. The minimum absolute atomic E-state index is 0.248. The summed E-state index contributed by atoms with van der Waals surface area (Å²) in [6.07, 6.45) is 6.01. The first-order valence-corrected chi connectivity index (χ1v) is 8.04. The van der Waals surface area contributed by atoms with Crippen molar-refractivity contribution in [3.63, 3.8) is 0 Å². The Morgan fingerprint density at radius 1 is 1.21 bits per heavy atom. The van der Waals surface area contributed by atoms with Crippen LogP contribution in [0.1, 0.15) is 66.2 Å². The molecule has 0 aromatic rings. The highest BCUT2D eigenvalue weighted by Gasteiger charge is 2.38. The fourth-order valence-corrected chi connectivity index (χ4v) is 3.49. The van der Waals surface area contributed by atoms with Crippen LogP contribution in [-0.4, -0.2) is 42.0 Å². The molecule has 0 N–H and O–H groups in total. The average molecular weight is 269 g/mol. The maximum Gasteiger partial charge on any atom is 0.153 e. The molecule has 1 fully saturated rings. The van der Waals surface area contributed by atoms with Crippen molar-refractivity contribution < 1.29 is 9.53 Å². The first-order valence-electron chi connectivity index (χ1n) is 8.04. The Bertz CT molecular complexity index is 264. The van der Waals surface area contributed by atoms with Gasteiger partial charge in [-0.05, 0) is 45.2 Å². The summed E-state index contributed by atoms with van der Waals surface area (Å²) in [4.78, 5) is 15.1. The van der Waals surface area contributed by atoms with Crippen molar-refractivity contribution >= 4 is 5.78 Å². The van der Waals surface area contributed by atoms with Gasteiger partial charge in [0.25, 0.3) is 0 Å². The van der Waals surface area contributed by atoms with Gasteiger partial charge in [-0.2, -0.15) is 0 Å². The van der Waals surface area contributed by atoms with Crippen molar-refractivity contribution in [2.24, 2.45) is 0 Å². The number of carbonyl (C=O) groups is 1. The van der Waals surface area contributed by atoms with E-state index >= 15 is 0 Å². The van der Waals surface area contributed by atoms with Crippen LogP contribution < -0.4 is 0 Å². The Balaban J connectivity index is 2.65. The third-order valence-electron chi connectivity index (χ3n) is 4.77. The van der Waals surface area contributed by atoms with Crippen LogP contribution in [0, 0.1) is 0 Å². The number of rotatable bonds is 9. The van der Waals surface area contributed by atoms with Gasteiger partial charge >= 0.3 is 0 Å². The summed E-state index contributed by atoms with van der Waals surface area (Å²) in [6, 6.07) is 0. The van der Waals surface area contributed by atoms with E-state index in [0.717, 1.165) is 51.8 Å². The van der Waals surface area contributed by atoms with Crippen molar-refractivity contribution in [2.75, 3.05) is 19.7 Å². The number of likely N-dealkylation sites (N-methyl/N-ethyl adjacent to an activating group) is 1. The maximum atomic E-state index is 12.7. The lowest BCUT2D eigenvalue weighted by molar-refractivity contribution is -0.132. The highest BCUT2D eigenvalue weighted by atomic mass is 16.5. The molecule has 3 nitrogen and oxygen atoms in total. The van der Waals surface area contributed by atoms with Gasteiger partial charge in [-0.15, -0.1) is 0 Å². The highest BCUT2D eigenvalue weighted by Crippen LogP contribution is 2.28. The van der Waals surface area contributed by atoms with Gasteiger partial charge in [0.15, 0.2) is 5.78 Å². The molecule has 3 heteroatoms. The number of hydrogen-bond donors (Lipinski definition) is 0. The van der Waals surface area contributed by atoms with Crippen molar-refractivity contribution in [3.8, 4) is 0 Å². The first kappa shape index (κ1) is 16.6. The van der Waals surface area contributed by atoms with E-state index in [1.807, 2.05) is 0 Å². The molecule has 0 bridgehead atoms. The molecule has 1 unspecified atom stereocenters. The Morgan fingerprint density at radius 3 is 2.26 bits per heavy atom. The highest BCUT2D eigenvalue weighted by molar-refractivity contribution is 5.88. The number of Topliss-reactive ketones (excluding diaryl/α,β-unsaturated/α-hetero) is 1. The minimum atomic E-state index is -0.248. The number of ether oxygens (including phenoxy) is 1. The monoisotopic (exact) mass is 269 g/mol. The molecule has 112 valence electrons. The summed E-state index contributed by atoms with van der Waals surface area (Å²) in [5.74, 6) is 0.414. The molecular weight excluding hydrogens is 238 g/mol. The van der Waals surface area contributed by atoms with Gasteiger partial charge in [-0.3, -0.25) is 9.69 Å². The van der Waals surface area contributed by atoms with Crippen LogP contribution in [0.3, 0.4) is 0 Å². The Labute approximate surface area is 118 Å². The van der Waals surface area contributed by atoms with Crippen molar-refractivity contribution in [1.82, 2.24) is 4.90 Å². The Morgan fingerprint density at radius 2 is 1.84 bits per heavy atom. The number of ketones is 1. The van der Waals surface area contributed by atoms with Crippen LogP contribution in [-0.2, 0) is 9.53 Å². The number of nitrogens with zero attached hydrogens (tertiary/aromatic N) is 1. The molecule has 0 saturated carbocycles. The fourth-order valence-electron chi connectivity index (χ4n) is 3.49. The topological polar surface area (TPSA) is 29.5 Å². The number of hydrogen-bond acceptors (Lipinski definition) is 3. The fraction of sp³-hybridized carbons (Fsp3) is 0.938. The lowest BCUT2D eigenvalue weighted by atomic mass is 9.83. The molecule has 1 rings (SSSR count). The van der Waals surface area contributed by atoms with Gasteiger partial charge in [-0.25, -0.2) is 0 Å². The van der Waals surface area contributed by atoms with Crippen LogP contribution in [0.15, 0.2) is 0 Å². The molecule has 1 atom stereocenters. The van der Waals surface area contributed by atoms with E-state index in [9.17, 15) is 4.79 Å². The lowest BCUT2D eigenvalue weighted by Gasteiger charge is -2.41. The zero-order valence-corrected chi connectivity index (χ0v) is 13.2. The second kappa shape index (κ2) is 8.01. The van der Waals surface area contributed by atoms with E-state index < -0.39 is 0 Å². The quantitative estimate of drug-likeness (QED) is 0.642. The van der Waals surface area contributed by atoms with E-state index in [4.69, 9.17) is 4.74 Å². The zero-order valence-electron chi connectivity index (χ0n) is 13.2. The second-order valence-electron chi connectivity index (χ2n) is 5.51. The molecule has 0 radical (unpaired) electrons.